The van der Waals surface area contributed by atoms with Crippen molar-refractivity contribution in [2.45, 2.75) is 12.8 Å². The van der Waals surface area contributed by atoms with Crippen LogP contribution in [0.25, 0.3) is 0 Å². The SMILES string of the molecule is NNC(=O)CCCOc1ccc(F)c(Br)c1. The third kappa shape index (κ3) is 4.16. The summed E-state index contributed by atoms with van der Waals surface area (Å²) < 4.78 is 18.5. The summed E-state index contributed by atoms with van der Waals surface area (Å²) in [6, 6.07) is 4.38. The lowest BCUT2D eigenvalue weighted by molar-refractivity contribution is -0.121. The molecular formula is C10H12BrFN2O2. The molecule has 1 aromatic rings. The molecular weight excluding hydrogens is 279 g/mol. The average Bonchev–Trinajstić information content (AvgIpc) is 2.28. The molecule has 0 saturated heterocycles. The van der Waals surface area contributed by atoms with Gasteiger partial charge in [-0.15, -0.1) is 0 Å². The van der Waals surface area contributed by atoms with Crippen LogP contribution in [0.3, 0.4) is 0 Å². The molecule has 0 aliphatic heterocycles. The zero-order chi connectivity index (χ0) is 12.0. The first kappa shape index (κ1) is 12.9. The minimum absolute atomic E-state index is 0.233. The summed E-state index contributed by atoms with van der Waals surface area (Å²) in [6.45, 7) is 0.380. The zero-order valence-electron chi connectivity index (χ0n) is 8.50. The van der Waals surface area contributed by atoms with Crippen molar-refractivity contribution in [1.29, 1.82) is 0 Å². The maximum absolute atomic E-state index is 12.9. The van der Waals surface area contributed by atoms with Gasteiger partial charge in [0.2, 0.25) is 5.91 Å². The van der Waals surface area contributed by atoms with Crippen molar-refractivity contribution in [3.05, 3.63) is 28.5 Å². The van der Waals surface area contributed by atoms with E-state index in [-0.39, 0.29) is 11.7 Å². The maximum Gasteiger partial charge on any atom is 0.234 e. The highest BCUT2D eigenvalue weighted by Gasteiger charge is 2.02. The Kier molecular flexibility index (Phi) is 5.21. The molecule has 4 nitrogen and oxygen atoms in total. The third-order valence-electron chi connectivity index (χ3n) is 1.87. The number of rotatable bonds is 5. The van der Waals surface area contributed by atoms with Crippen LogP contribution in [0.4, 0.5) is 4.39 Å². The summed E-state index contributed by atoms with van der Waals surface area (Å²) in [6.07, 6.45) is 0.858. The first-order valence-electron chi connectivity index (χ1n) is 4.71. The fourth-order valence-electron chi connectivity index (χ4n) is 1.06. The number of hydrogen-bond acceptors (Lipinski definition) is 3. The monoisotopic (exact) mass is 290 g/mol. The first-order chi connectivity index (χ1) is 7.63. The number of hydrazine groups is 1. The van der Waals surface area contributed by atoms with E-state index in [2.05, 4.69) is 15.9 Å². The molecule has 16 heavy (non-hydrogen) atoms. The number of nitrogens with one attached hydrogen (secondary N) is 1. The molecule has 0 radical (unpaired) electrons. The Bertz CT molecular complexity index is 374. The number of hydrogen-bond donors (Lipinski definition) is 2. The summed E-state index contributed by atoms with van der Waals surface area (Å²) in [5.41, 5.74) is 2.03. The number of amides is 1. The number of ether oxygens (including phenoxy) is 1. The Labute approximate surface area is 101 Å². The smallest absolute Gasteiger partial charge is 0.234 e. The van der Waals surface area contributed by atoms with Crippen molar-refractivity contribution >= 4 is 21.8 Å². The molecule has 1 aromatic carbocycles. The highest BCUT2D eigenvalue weighted by Crippen LogP contribution is 2.21. The van der Waals surface area contributed by atoms with Crippen LogP contribution < -0.4 is 16.0 Å². The minimum Gasteiger partial charge on any atom is -0.494 e. The van der Waals surface area contributed by atoms with Crippen LogP contribution in [0, 0.1) is 5.82 Å². The van der Waals surface area contributed by atoms with E-state index >= 15 is 0 Å². The lowest BCUT2D eigenvalue weighted by Crippen LogP contribution is -2.29. The zero-order valence-corrected chi connectivity index (χ0v) is 10.1. The second-order valence-electron chi connectivity index (χ2n) is 3.10. The molecule has 3 N–H and O–H groups in total. The van der Waals surface area contributed by atoms with E-state index in [4.69, 9.17) is 10.6 Å². The van der Waals surface area contributed by atoms with E-state index in [0.717, 1.165) is 0 Å². The quantitative estimate of drug-likeness (QED) is 0.376. The fraction of sp³-hybridized carbons (Fsp3) is 0.300. The molecule has 0 aliphatic rings. The number of carbonyl (C=O) groups is 1. The van der Waals surface area contributed by atoms with Gasteiger partial charge in [0.15, 0.2) is 0 Å². The number of benzene rings is 1. The number of carbonyl (C=O) groups excluding carboxylic acids is 1. The standard InChI is InChI=1S/C10H12BrFN2O2/c11-8-6-7(3-4-9(8)12)16-5-1-2-10(15)14-13/h3-4,6H,1-2,5,13H2,(H,14,15). The summed E-state index contributed by atoms with van der Waals surface area (Å²) in [5, 5.41) is 0. The van der Waals surface area contributed by atoms with Crippen LogP contribution in [-0.2, 0) is 4.79 Å². The average molecular weight is 291 g/mol. The number of halogens is 2. The van der Waals surface area contributed by atoms with E-state index in [0.29, 0.717) is 29.7 Å². The fourth-order valence-corrected chi connectivity index (χ4v) is 1.42. The summed E-state index contributed by atoms with van der Waals surface area (Å²) in [5.74, 6) is 4.90. The molecule has 0 aliphatic carbocycles. The Hall–Kier alpha value is -1.14. The van der Waals surface area contributed by atoms with Gasteiger partial charge in [-0.05, 0) is 40.5 Å². The summed E-state index contributed by atoms with van der Waals surface area (Å²) in [7, 11) is 0. The van der Waals surface area contributed by atoms with Crippen LogP contribution in [0.5, 0.6) is 5.75 Å². The molecule has 0 heterocycles. The lowest BCUT2D eigenvalue weighted by atomic mass is 10.3. The maximum atomic E-state index is 12.9. The molecule has 0 unspecified atom stereocenters. The largest absolute Gasteiger partial charge is 0.494 e. The van der Waals surface area contributed by atoms with Crippen LogP contribution in [0.2, 0.25) is 0 Å². The van der Waals surface area contributed by atoms with Gasteiger partial charge in [-0.3, -0.25) is 10.2 Å². The van der Waals surface area contributed by atoms with Gasteiger partial charge in [-0.25, -0.2) is 10.2 Å². The summed E-state index contributed by atoms with van der Waals surface area (Å²) >= 11 is 3.05. The molecule has 0 aromatic heterocycles. The van der Waals surface area contributed by atoms with Gasteiger partial charge in [0.05, 0.1) is 11.1 Å². The highest BCUT2D eigenvalue weighted by atomic mass is 79.9. The molecule has 0 fully saturated rings. The van der Waals surface area contributed by atoms with Crippen LogP contribution in [0.1, 0.15) is 12.8 Å². The Morgan fingerprint density at radius 1 is 1.56 bits per heavy atom. The van der Waals surface area contributed by atoms with Crippen LogP contribution in [-0.4, -0.2) is 12.5 Å². The molecule has 1 amide bonds. The number of nitrogens with two attached hydrogens (primary N) is 1. The molecule has 88 valence electrons. The third-order valence-corrected chi connectivity index (χ3v) is 2.48. The van der Waals surface area contributed by atoms with Crippen molar-refractivity contribution in [3.8, 4) is 5.75 Å². The van der Waals surface area contributed by atoms with Crippen LogP contribution in [0.15, 0.2) is 22.7 Å². The highest BCUT2D eigenvalue weighted by molar-refractivity contribution is 9.10. The Morgan fingerprint density at radius 3 is 2.94 bits per heavy atom. The van der Waals surface area contributed by atoms with Crippen molar-refractivity contribution in [1.82, 2.24) is 5.43 Å². The van der Waals surface area contributed by atoms with Gasteiger partial charge in [-0.2, -0.15) is 0 Å². The van der Waals surface area contributed by atoms with Crippen LogP contribution >= 0.6 is 15.9 Å². The van der Waals surface area contributed by atoms with Crippen molar-refractivity contribution < 1.29 is 13.9 Å². The van der Waals surface area contributed by atoms with Gasteiger partial charge in [0.25, 0.3) is 0 Å². The molecule has 0 saturated carbocycles. The second-order valence-corrected chi connectivity index (χ2v) is 3.95. The van der Waals surface area contributed by atoms with E-state index in [1.807, 2.05) is 5.43 Å². The predicted octanol–water partition coefficient (Wildman–Crippen LogP) is 1.74. The van der Waals surface area contributed by atoms with E-state index < -0.39 is 0 Å². The Morgan fingerprint density at radius 2 is 2.31 bits per heavy atom. The molecule has 0 atom stereocenters. The van der Waals surface area contributed by atoms with Crippen molar-refractivity contribution in [2.24, 2.45) is 5.84 Å². The van der Waals surface area contributed by atoms with Crippen molar-refractivity contribution in [2.75, 3.05) is 6.61 Å². The minimum atomic E-state index is -0.338. The second kappa shape index (κ2) is 6.44. The Balaban J connectivity index is 2.32. The van der Waals surface area contributed by atoms with Gasteiger partial charge in [0, 0.05) is 6.42 Å². The normalized spacial score (nSPS) is 9.94. The van der Waals surface area contributed by atoms with Gasteiger partial charge in [0.1, 0.15) is 11.6 Å². The van der Waals surface area contributed by atoms with Gasteiger partial charge in [-0.1, -0.05) is 0 Å². The molecule has 0 spiro atoms. The molecule has 1 rings (SSSR count). The van der Waals surface area contributed by atoms with Gasteiger partial charge >= 0.3 is 0 Å². The van der Waals surface area contributed by atoms with E-state index in [1.165, 1.54) is 12.1 Å². The molecule has 6 heteroatoms. The van der Waals surface area contributed by atoms with E-state index in [9.17, 15) is 9.18 Å². The molecule has 0 bridgehead atoms. The summed E-state index contributed by atoms with van der Waals surface area (Å²) in [4.78, 5) is 10.8. The predicted molar refractivity (Wildman–Crippen MR) is 61.2 cm³/mol. The topological polar surface area (TPSA) is 64.3 Å². The lowest BCUT2D eigenvalue weighted by Gasteiger charge is -2.06. The van der Waals surface area contributed by atoms with E-state index in [1.54, 1.807) is 6.07 Å². The van der Waals surface area contributed by atoms with Gasteiger partial charge < -0.3 is 4.74 Å². The first-order valence-corrected chi connectivity index (χ1v) is 5.50. The van der Waals surface area contributed by atoms with Crippen molar-refractivity contribution in [3.63, 3.8) is 0 Å².